The van der Waals surface area contributed by atoms with E-state index in [4.69, 9.17) is 4.74 Å². The molecule has 2 rings (SSSR count). The predicted octanol–water partition coefficient (Wildman–Crippen LogP) is 4.60. The molecule has 2 N–H and O–H groups in total. The largest absolute Gasteiger partial charge is 0.493 e. The van der Waals surface area contributed by atoms with Crippen LogP contribution in [0.5, 0.6) is 5.75 Å². The molecule has 0 aliphatic carbocycles. The molecule has 0 heterocycles. The summed E-state index contributed by atoms with van der Waals surface area (Å²) in [5.41, 5.74) is 4.04. The smallest absolute Gasteiger partial charge is 0.253 e. The first-order valence-electron chi connectivity index (χ1n) is 10.8. The number of aliphatic imine (C=N–C) groups is 1. The summed E-state index contributed by atoms with van der Waals surface area (Å²) in [6.45, 7) is 8.42. The summed E-state index contributed by atoms with van der Waals surface area (Å²) in [4.78, 5) is 17.9. The monoisotopic (exact) mass is 552 g/mol. The summed E-state index contributed by atoms with van der Waals surface area (Å²) in [5.74, 6) is 2.25. The van der Waals surface area contributed by atoms with Crippen molar-refractivity contribution in [1.29, 1.82) is 0 Å². The maximum Gasteiger partial charge on any atom is 0.253 e. The molecule has 0 aliphatic heterocycles. The maximum atomic E-state index is 12.0. The molecular formula is C25H37IN4O2. The molecule has 1 amide bonds. The SMILES string of the molecule is CN=C(NCc1ccc(C(=O)N(C)C)cc1)NCc1ccc(C)cc1OCCC(C)C.I. The Morgan fingerprint density at radius 3 is 2.31 bits per heavy atom. The van der Waals surface area contributed by atoms with Gasteiger partial charge in [0.1, 0.15) is 5.75 Å². The van der Waals surface area contributed by atoms with Gasteiger partial charge in [0.25, 0.3) is 5.91 Å². The summed E-state index contributed by atoms with van der Waals surface area (Å²) >= 11 is 0. The molecule has 0 saturated heterocycles. The normalized spacial score (nSPS) is 11.0. The Bertz CT molecular complexity index is 880. The number of nitrogens with zero attached hydrogens (tertiary/aromatic N) is 2. The van der Waals surface area contributed by atoms with Gasteiger partial charge in [-0.2, -0.15) is 0 Å². The molecule has 0 aromatic heterocycles. The van der Waals surface area contributed by atoms with E-state index in [1.165, 1.54) is 5.56 Å². The number of carbonyl (C=O) groups is 1. The molecule has 2 aromatic carbocycles. The first kappa shape index (κ1) is 27.7. The number of ether oxygens (including phenoxy) is 1. The van der Waals surface area contributed by atoms with E-state index >= 15 is 0 Å². The van der Waals surface area contributed by atoms with Gasteiger partial charge in [0.2, 0.25) is 0 Å². The van der Waals surface area contributed by atoms with Gasteiger partial charge in [-0.3, -0.25) is 9.79 Å². The van der Waals surface area contributed by atoms with Gasteiger partial charge in [-0.25, -0.2) is 0 Å². The third-order valence-corrected chi connectivity index (χ3v) is 4.91. The van der Waals surface area contributed by atoms with Crippen LogP contribution in [-0.4, -0.2) is 44.5 Å². The molecule has 0 spiro atoms. The minimum absolute atomic E-state index is 0. The van der Waals surface area contributed by atoms with Crippen molar-refractivity contribution in [3.05, 3.63) is 64.7 Å². The first-order valence-corrected chi connectivity index (χ1v) is 10.8. The molecule has 0 radical (unpaired) electrons. The fourth-order valence-corrected chi connectivity index (χ4v) is 2.96. The Kier molecular flexibility index (Phi) is 12.1. The molecule has 0 aliphatic rings. The third kappa shape index (κ3) is 9.06. The second-order valence-electron chi connectivity index (χ2n) is 8.32. The zero-order valence-electron chi connectivity index (χ0n) is 20.1. The third-order valence-electron chi connectivity index (χ3n) is 4.91. The van der Waals surface area contributed by atoms with Crippen LogP contribution in [-0.2, 0) is 13.1 Å². The molecule has 0 fully saturated rings. The summed E-state index contributed by atoms with van der Waals surface area (Å²) in [6, 6.07) is 13.9. The Morgan fingerprint density at radius 1 is 1.06 bits per heavy atom. The van der Waals surface area contributed by atoms with Gasteiger partial charge in [0.15, 0.2) is 5.96 Å². The molecular weight excluding hydrogens is 515 g/mol. The lowest BCUT2D eigenvalue weighted by Crippen LogP contribution is -2.36. The van der Waals surface area contributed by atoms with Crippen molar-refractivity contribution in [2.75, 3.05) is 27.7 Å². The highest BCUT2D eigenvalue weighted by Gasteiger charge is 2.09. The van der Waals surface area contributed by atoms with Crippen LogP contribution in [0.15, 0.2) is 47.5 Å². The van der Waals surface area contributed by atoms with E-state index in [0.29, 0.717) is 37.1 Å². The molecule has 0 saturated carbocycles. The van der Waals surface area contributed by atoms with Crippen LogP contribution in [0.25, 0.3) is 0 Å². The van der Waals surface area contributed by atoms with Crippen molar-refractivity contribution in [1.82, 2.24) is 15.5 Å². The topological polar surface area (TPSA) is 66.0 Å². The van der Waals surface area contributed by atoms with Crippen LogP contribution in [0.4, 0.5) is 0 Å². The van der Waals surface area contributed by atoms with Crippen molar-refractivity contribution in [3.8, 4) is 5.75 Å². The maximum absolute atomic E-state index is 12.0. The number of amides is 1. The van der Waals surface area contributed by atoms with E-state index in [0.717, 1.165) is 23.3 Å². The van der Waals surface area contributed by atoms with Crippen molar-refractivity contribution in [2.24, 2.45) is 10.9 Å². The number of hydrogen-bond donors (Lipinski definition) is 2. The molecule has 6 nitrogen and oxygen atoms in total. The number of carbonyl (C=O) groups excluding carboxylic acids is 1. The minimum atomic E-state index is 0. The Morgan fingerprint density at radius 2 is 1.72 bits per heavy atom. The van der Waals surface area contributed by atoms with Gasteiger partial charge in [0.05, 0.1) is 6.61 Å². The van der Waals surface area contributed by atoms with Gasteiger partial charge in [0, 0.05) is 45.4 Å². The average Bonchev–Trinajstić information content (AvgIpc) is 2.74. The van der Waals surface area contributed by atoms with Crippen molar-refractivity contribution >= 4 is 35.8 Å². The summed E-state index contributed by atoms with van der Waals surface area (Å²) in [6.07, 6.45) is 1.03. The lowest BCUT2D eigenvalue weighted by molar-refractivity contribution is 0.0827. The highest BCUT2D eigenvalue weighted by molar-refractivity contribution is 14.0. The second kappa shape index (κ2) is 14.0. The molecule has 0 atom stereocenters. The molecule has 7 heteroatoms. The Balaban J connectivity index is 0.00000512. The van der Waals surface area contributed by atoms with Gasteiger partial charge < -0.3 is 20.3 Å². The number of benzene rings is 2. The van der Waals surface area contributed by atoms with Crippen LogP contribution in [0.2, 0.25) is 0 Å². The summed E-state index contributed by atoms with van der Waals surface area (Å²) < 4.78 is 6.04. The molecule has 32 heavy (non-hydrogen) atoms. The Labute approximate surface area is 209 Å². The number of halogens is 1. The van der Waals surface area contributed by atoms with Gasteiger partial charge in [-0.15, -0.1) is 24.0 Å². The number of hydrogen-bond acceptors (Lipinski definition) is 3. The lowest BCUT2D eigenvalue weighted by atomic mass is 10.1. The number of aryl methyl sites for hydroxylation is 1. The average molecular weight is 553 g/mol. The molecule has 176 valence electrons. The van der Waals surface area contributed by atoms with E-state index in [1.807, 2.05) is 24.3 Å². The van der Waals surface area contributed by atoms with Crippen LogP contribution < -0.4 is 15.4 Å². The lowest BCUT2D eigenvalue weighted by Gasteiger charge is -2.16. The second-order valence-corrected chi connectivity index (χ2v) is 8.32. The minimum Gasteiger partial charge on any atom is -0.493 e. The quantitative estimate of drug-likeness (QED) is 0.271. The zero-order valence-corrected chi connectivity index (χ0v) is 22.4. The summed E-state index contributed by atoms with van der Waals surface area (Å²) in [5, 5.41) is 6.68. The van der Waals surface area contributed by atoms with E-state index in [1.54, 1.807) is 26.0 Å². The zero-order chi connectivity index (χ0) is 22.8. The fourth-order valence-electron chi connectivity index (χ4n) is 2.96. The van der Waals surface area contributed by atoms with Crippen LogP contribution >= 0.6 is 24.0 Å². The standard InChI is InChI=1S/C25H36N4O2.HI/c1-18(2)13-14-31-23-15-19(3)7-10-22(23)17-28-25(26-4)27-16-20-8-11-21(12-9-20)24(30)29(5)6;/h7-12,15,18H,13-14,16-17H2,1-6H3,(H2,26,27,28);1H. The van der Waals surface area contributed by atoms with Crippen LogP contribution in [0.3, 0.4) is 0 Å². The van der Waals surface area contributed by atoms with E-state index in [2.05, 4.69) is 54.6 Å². The highest BCUT2D eigenvalue weighted by atomic mass is 127. The van der Waals surface area contributed by atoms with Gasteiger partial charge in [-0.1, -0.05) is 38.1 Å². The first-order chi connectivity index (χ1) is 14.8. The molecule has 0 bridgehead atoms. The van der Waals surface area contributed by atoms with E-state index in [9.17, 15) is 4.79 Å². The van der Waals surface area contributed by atoms with E-state index < -0.39 is 0 Å². The van der Waals surface area contributed by atoms with Crippen molar-refractivity contribution < 1.29 is 9.53 Å². The molecule has 0 unspecified atom stereocenters. The fraction of sp³-hybridized carbons (Fsp3) is 0.440. The predicted molar refractivity (Wildman–Crippen MR) is 143 cm³/mol. The Hall–Kier alpha value is -2.29. The molecule has 2 aromatic rings. The highest BCUT2D eigenvalue weighted by Crippen LogP contribution is 2.21. The number of rotatable bonds is 9. The van der Waals surface area contributed by atoms with Gasteiger partial charge in [-0.05, 0) is 48.6 Å². The van der Waals surface area contributed by atoms with E-state index in [-0.39, 0.29) is 29.9 Å². The van der Waals surface area contributed by atoms with Crippen LogP contribution in [0, 0.1) is 12.8 Å². The van der Waals surface area contributed by atoms with Gasteiger partial charge >= 0.3 is 0 Å². The van der Waals surface area contributed by atoms with Crippen LogP contribution in [0.1, 0.15) is 47.3 Å². The number of guanidine groups is 1. The van der Waals surface area contributed by atoms with Crippen molar-refractivity contribution in [3.63, 3.8) is 0 Å². The van der Waals surface area contributed by atoms with Crippen molar-refractivity contribution in [2.45, 2.75) is 40.3 Å². The number of nitrogens with one attached hydrogen (secondary N) is 2. The summed E-state index contributed by atoms with van der Waals surface area (Å²) in [7, 11) is 5.26.